The van der Waals surface area contributed by atoms with Gasteiger partial charge in [-0.25, -0.2) is 13.1 Å². The maximum absolute atomic E-state index is 12.6. The van der Waals surface area contributed by atoms with E-state index in [9.17, 15) is 13.2 Å². The van der Waals surface area contributed by atoms with E-state index in [4.69, 9.17) is 4.74 Å². The Hall–Kier alpha value is -3.00. The predicted molar refractivity (Wildman–Crippen MR) is 124 cm³/mol. The highest BCUT2D eigenvalue weighted by atomic mass is 32.2. The van der Waals surface area contributed by atoms with Crippen LogP contribution in [0.15, 0.2) is 83.8 Å². The zero-order chi connectivity index (χ0) is 22.4. The Kier molecular flexibility index (Phi) is 6.99. The molecule has 3 aromatic rings. The van der Waals surface area contributed by atoms with Gasteiger partial charge < -0.3 is 10.1 Å². The van der Waals surface area contributed by atoms with Gasteiger partial charge in [0, 0.05) is 25.3 Å². The second-order valence-electron chi connectivity index (χ2n) is 7.76. The first kappa shape index (κ1) is 22.2. The smallest absolute Gasteiger partial charge is 0.251 e. The summed E-state index contributed by atoms with van der Waals surface area (Å²) in [5.41, 5.74) is 3.25. The first-order valence-electron chi connectivity index (χ1n) is 10.7. The summed E-state index contributed by atoms with van der Waals surface area (Å²) in [6.07, 6.45) is 2.13. The summed E-state index contributed by atoms with van der Waals surface area (Å²) >= 11 is 0. The van der Waals surface area contributed by atoms with Crippen LogP contribution in [0.25, 0.3) is 11.1 Å². The van der Waals surface area contributed by atoms with Gasteiger partial charge in [0.2, 0.25) is 10.0 Å². The van der Waals surface area contributed by atoms with Crippen molar-refractivity contribution >= 4 is 15.9 Å². The van der Waals surface area contributed by atoms with Gasteiger partial charge >= 0.3 is 0 Å². The molecule has 2 N–H and O–H groups in total. The number of nitrogens with one attached hydrogen (secondary N) is 2. The van der Waals surface area contributed by atoms with Crippen LogP contribution in [0.3, 0.4) is 0 Å². The fraction of sp³-hybridized carbons (Fsp3) is 0.240. The molecule has 1 heterocycles. The molecule has 166 valence electrons. The van der Waals surface area contributed by atoms with E-state index in [-0.39, 0.29) is 23.5 Å². The average Bonchev–Trinajstić information content (AvgIpc) is 3.36. The Morgan fingerprint density at radius 2 is 1.56 bits per heavy atom. The molecule has 6 nitrogen and oxygen atoms in total. The topological polar surface area (TPSA) is 84.5 Å². The van der Waals surface area contributed by atoms with Crippen molar-refractivity contribution in [1.82, 2.24) is 10.0 Å². The zero-order valence-electron chi connectivity index (χ0n) is 17.7. The monoisotopic (exact) mass is 450 g/mol. The fourth-order valence-corrected chi connectivity index (χ4v) is 4.63. The van der Waals surface area contributed by atoms with E-state index in [1.807, 2.05) is 42.5 Å². The third kappa shape index (κ3) is 5.62. The van der Waals surface area contributed by atoms with Gasteiger partial charge in [-0.1, -0.05) is 54.6 Å². The van der Waals surface area contributed by atoms with Crippen LogP contribution in [0.2, 0.25) is 0 Å². The number of amides is 1. The Bertz CT molecular complexity index is 1140. The molecule has 1 aliphatic rings. The normalized spacial score (nSPS) is 16.1. The quantitative estimate of drug-likeness (QED) is 0.548. The van der Waals surface area contributed by atoms with Gasteiger partial charge in [0.15, 0.2) is 0 Å². The van der Waals surface area contributed by atoms with E-state index in [1.54, 1.807) is 36.4 Å². The van der Waals surface area contributed by atoms with Crippen LogP contribution >= 0.6 is 0 Å². The van der Waals surface area contributed by atoms with Crippen molar-refractivity contribution in [2.24, 2.45) is 0 Å². The molecule has 1 fully saturated rings. The van der Waals surface area contributed by atoms with Crippen LogP contribution in [-0.2, 0) is 21.3 Å². The summed E-state index contributed by atoms with van der Waals surface area (Å²) in [7, 11) is -3.60. The van der Waals surface area contributed by atoms with Crippen LogP contribution in [0.1, 0.15) is 28.8 Å². The minimum Gasteiger partial charge on any atom is -0.376 e. The van der Waals surface area contributed by atoms with E-state index in [0.717, 1.165) is 36.1 Å². The van der Waals surface area contributed by atoms with Crippen molar-refractivity contribution < 1.29 is 17.9 Å². The molecule has 1 saturated heterocycles. The molecule has 3 aromatic carbocycles. The van der Waals surface area contributed by atoms with Gasteiger partial charge in [-0.15, -0.1) is 0 Å². The van der Waals surface area contributed by atoms with Gasteiger partial charge in [0.1, 0.15) is 0 Å². The first-order chi connectivity index (χ1) is 15.5. The van der Waals surface area contributed by atoms with E-state index in [0.29, 0.717) is 12.1 Å². The molecule has 7 heteroatoms. The van der Waals surface area contributed by atoms with E-state index in [2.05, 4.69) is 10.0 Å². The molecule has 0 unspecified atom stereocenters. The molecule has 4 rings (SSSR count). The lowest BCUT2D eigenvalue weighted by Crippen LogP contribution is -2.31. The molecule has 0 bridgehead atoms. The number of benzene rings is 3. The maximum Gasteiger partial charge on any atom is 0.251 e. The molecule has 32 heavy (non-hydrogen) atoms. The van der Waals surface area contributed by atoms with E-state index in [1.165, 1.54) is 0 Å². The van der Waals surface area contributed by atoms with E-state index < -0.39 is 10.0 Å². The zero-order valence-corrected chi connectivity index (χ0v) is 18.5. The van der Waals surface area contributed by atoms with Crippen molar-refractivity contribution in [1.29, 1.82) is 0 Å². The minimum absolute atomic E-state index is 0.107. The lowest BCUT2D eigenvalue weighted by Gasteiger charge is -2.11. The van der Waals surface area contributed by atoms with Crippen LogP contribution in [0, 0.1) is 0 Å². The van der Waals surface area contributed by atoms with Crippen LogP contribution < -0.4 is 10.0 Å². The molecular formula is C25H26N2O4S. The van der Waals surface area contributed by atoms with Crippen LogP contribution in [0.5, 0.6) is 0 Å². The average molecular weight is 451 g/mol. The molecule has 1 aliphatic heterocycles. The summed E-state index contributed by atoms with van der Waals surface area (Å²) in [6, 6.07) is 23.4. The Morgan fingerprint density at radius 1 is 0.906 bits per heavy atom. The summed E-state index contributed by atoms with van der Waals surface area (Å²) in [6.45, 7) is 1.52. The number of sulfonamides is 1. The largest absolute Gasteiger partial charge is 0.376 e. The molecule has 0 saturated carbocycles. The van der Waals surface area contributed by atoms with Crippen molar-refractivity contribution in [3.8, 4) is 11.1 Å². The first-order valence-corrected chi connectivity index (χ1v) is 12.1. The number of carbonyl (C=O) groups excluding carboxylic acids is 1. The molecular weight excluding hydrogens is 424 g/mol. The Morgan fingerprint density at radius 3 is 2.19 bits per heavy atom. The summed E-state index contributed by atoms with van der Waals surface area (Å²) in [5.74, 6) is -0.127. The minimum atomic E-state index is -3.60. The van der Waals surface area contributed by atoms with Gasteiger partial charge in [-0.05, 0) is 53.8 Å². The van der Waals surface area contributed by atoms with Crippen molar-refractivity contribution in [3.05, 3.63) is 90.0 Å². The summed E-state index contributed by atoms with van der Waals surface area (Å²) in [5, 5.41) is 2.91. The standard InChI is InChI=1S/C25H26N2O4S/c28-25(26-18-23-7-4-16-31-23)22-10-8-20(9-11-22)21-12-14-24(15-13-21)32(29,30)27-17-19-5-2-1-3-6-19/h1-3,5-6,8-15,23,27H,4,7,16-18H2,(H,26,28)/t23-/m0/s1. The van der Waals surface area contributed by atoms with E-state index >= 15 is 0 Å². The van der Waals surface area contributed by atoms with Gasteiger partial charge in [0.25, 0.3) is 5.91 Å². The predicted octanol–water partition coefficient (Wildman–Crippen LogP) is 3.74. The highest BCUT2D eigenvalue weighted by Crippen LogP contribution is 2.22. The third-order valence-corrected chi connectivity index (χ3v) is 6.89. The second kappa shape index (κ2) is 10.1. The molecule has 0 spiro atoms. The van der Waals surface area contributed by atoms with Crippen LogP contribution in [0.4, 0.5) is 0 Å². The fourth-order valence-electron chi connectivity index (χ4n) is 3.61. The highest BCUT2D eigenvalue weighted by Gasteiger charge is 2.17. The Labute approximate surface area is 188 Å². The SMILES string of the molecule is O=C(NC[C@@H]1CCCO1)c1ccc(-c2ccc(S(=O)(=O)NCc3ccccc3)cc2)cc1. The second-order valence-corrected chi connectivity index (χ2v) is 9.52. The summed E-state index contributed by atoms with van der Waals surface area (Å²) in [4.78, 5) is 12.5. The number of ether oxygens (including phenoxy) is 1. The number of hydrogen-bond acceptors (Lipinski definition) is 4. The van der Waals surface area contributed by atoms with Gasteiger partial charge in [0.05, 0.1) is 11.0 Å². The lowest BCUT2D eigenvalue weighted by atomic mass is 10.0. The molecule has 1 amide bonds. The molecule has 1 atom stereocenters. The maximum atomic E-state index is 12.6. The van der Waals surface area contributed by atoms with Crippen molar-refractivity contribution in [2.75, 3.05) is 13.2 Å². The van der Waals surface area contributed by atoms with Gasteiger partial charge in [-0.3, -0.25) is 4.79 Å². The molecule has 0 aliphatic carbocycles. The number of carbonyl (C=O) groups is 1. The van der Waals surface area contributed by atoms with Gasteiger partial charge in [-0.2, -0.15) is 0 Å². The Balaban J connectivity index is 1.37. The number of rotatable bonds is 8. The van der Waals surface area contributed by atoms with Crippen LogP contribution in [-0.4, -0.2) is 33.6 Å². The third-order valence-electron chi connectivity index (χ3n) is 5.47. The van der Waals surface area contributed by atoms with Crippen molar-refractivity contribution in [2.45, 2.75) is 30.4 Å². The highest BCUT2D eigenvalue weighted by molar-refractivity contribution is 7.89. The summed E-state index contributed by atoms with van der Waals surface area (Å²) < 4.78 is 33.3. The molecule has 0 radical (unpaired) electrons. The lowest BCUT2D eigenvalue weighted by molar-refractivity contribution is 0.0858. The van der Waals surface area contributed by atoms with Crippen molar-refractivity contribution in [3.63, 3.8) is 0 Å². The number of hydrogen-bond donors (Lipinski definition) is 2. The molecule has 0 aromatic heterocycles.